The van der Waals surface area contributed by atoms with E-state index >= 15 is 0 Å². The van der Waals surface area contributed by atoms with Crippen molar-refractivity contribution in [2.45, 2.75) is 31.3 Å². The summed E-state index contributed by atoms with van der Waals surface area (Å²) in [4.78, 5) is 29.6. The van der Waals surface area contributed by atoms with E-state index in [4.69, 9.17) is 4.74 Å². The molecule has 1 saturated heterocycles. The molecule has 1 aromatic carbocycles. The average Bonchev–Trinajstić information content (AvgIpc) is 3.21. The molecule has 0 radical (unpaired) electrons. The number of carbonyl (C=O) groups is 2. The third-order valence-electron chi connectivity index (χ3n) is 5.37. The highest BCUT2D eigenvalue weighted by Gasteiger charge is 2.34. The van der Waals surface area contributed by atoms with E-state index in [2.05, 4.69) is 22.2 Å². The largest absolute Gasteiger partial charge is 0.416 e. The standard InChI is InChI=1S/C23H24F6N4O3/c1-14(6-8-30-20(34)12-36-17-7-9-33(11-17)13-22(24,25)26)31-21(35)19-4-2-15-10-16(23(27,28)29)3-5-18(15)32-19/h2-5,10,17H,1,6-9,11-13H2,(H,30,34)(H,31,35)/t17-/m0/s1. The predicted octanol–water partition coefficient (Wildman–Crippen LogP) is 3.66. The fourth-order valence-electron chi connectivity index (χ4n) is 3.64. The maximum atomic E-state index is 12.8. The lowest BCUT2D eigenvalue weighted by Gasteiger charge is -2.17. The lowest BCUT2D eigenvalue weighted by Crippen LogP contribution is -2.35. The third kappa shape index (κ3) is 8.19. The molecule has 0 spiro atoms. The van der Waals surface area contributed by atoms with Crippen LogP contribution in [0.3, 0.4) is 0 Å². The van der Waals surface area contributed by atoms with Crippen LogP contribution in [0.5, 0.6) is 0 Å². The smallest absolute Gasteiger partial charge is 0.367 e. The molecule has 2 heterocycles. The van der Waals surface area contributed by atoms with E-state index in [0.29, 0.717) is 6.42 Å². The van der Waals surface area contributed by atoms with Crippen molar-refractivity contribution in [3.63, 3.8) is 0 Å². The van der Waals surface area contributed by atoms with Gasteiger partial charge in [-0.25, -0.2) is 4.98 Å². The number of nitrogens with zero attached hydrogens (tertiary/aromatic N) is 2. The van der Waals surface area contributed by atoms with Crippen LogP contribution in [0.25, 0.3) is 10.9 Å². The van der Waals surface area contributed by atoms with Crippen molar-refractivity contribution in [3.05, 3.63) is 53.9 Å². The van der Waals surface area contributed by atoms with Crippen molar-refractivity contribution in [2.24, 2.45) is 0 Å². The molecular formula is C23H24F6N4O3. The summed E-state index contributed by atoms with van der Waals surface area (Å²) in [6.45, 7) is 2.85. The zero-order valence-corrected chi connectivity index (χ0v) is 19.0. The second kappa shape index (κ2) is 11.2. The number of hydrogen-bond donors (Lipinski definition) is 2. The normalized spacial score (nSPS) is 16.8. The molecular weight excluding hydrogens is 494 g/mol. The van der Waals surface area contributed by atoms with Crippen molar-refractivity contribution >= 4 is 22.7 Å². The van der Waals surface area contributed by atoms with Crippen LogP contribution in [-0.2, 0) is 15.7 Å². The summed E-state index contributed by atoms with van der Waals surface area (Å²) in [5, 5.41) is 5.31. The Morgan fingerprint density at radius 1 is 1.14 bits per heavy atom. The minimum absolute atomic E-state index is 0.0167. The van der Waals surface area contributed by atoms with Crippen LogP contribution < -0.4 is 10.6 Å². The lowest BCUT2D eigenvalue weighted by atomic mass is 10.1. The number of carbonyl (C=O) groups excluding carboxylic acids is 2. The van der Waals surface area contributed by atoms with E-state index in [-0.39, 0.29) is 55.0 Å². The Kier molecular flexibility index (Phi) is 8.56. The van der Waals surface area contributed by atoms with Gasteiger partial charge in [-0.1, -0.05) is 12.6 Å². The quantitative estimate of drug-likeness (QED) is 0.496. The first-order valence-electron chi connectivity index (χ1n) is 10.9. The molecule has 0 saturated carbocycles. The molecule has 1 fully saturated rings. The van der Waals surface area contributed by atoms with Crippen molar-refractivity contribution in [2.75, 3.05) is 32.8 Å². The van der Waals surface area contributed by atoms with E-state index in [9.17, 15) is 35.9 Å². The number of halogens is 6. The molecule has 196 valence electrons. The SMILES string of the molecule is C=C(CCNC(=O)CO[C@H]1CCN(CC(F)(F)F)C1)NC(=O)c1ccc2cc(C(F)(F)F)ccc2n1. The molecule has 1 aliphatic heterocycles. The van der Waals surface area contributed by atoms with Crippen LogP contribution in [0.2, 0.25) is 0 Å². The van der Waals surface area contributed by atoms with Crippen LogP contribution in [0, 0.1) is 0 Å². The molecule has 2 aromatic rings. The van der Waals surface area contributed by atoms with E-state index in [1.807, 2.05) is 0 Å². The second-order valence-electron chi connectivity index (χ2n) is 8.33. The molecule has 0 bridgehead atoms. The number of benzene rings is 1. The Hall–Kier alpha value is -3.19. The van der Waals surface area contributed by atoms with Crippen LogP contribution >= 0.6 is 0 Å². The number of nitrogens with one attached hydrogen (secondary N) is 2. The number of amides is 2. The zero-order valence-electron chi connectivity index (χ0n) is 19.0. The van der Waals surface area contributed by atoms with Gasteiger partial charge in [0.05, 0.1) is 23.7 Å². The summed E-state index contributed by atoms with van der Waals surface area (Å²) in [7, 11) is 0. The van der Waals surface area contributed by atoms with Crippen LogP contribution in [0.15, 0.2) is 42.6 Å². The summed E-state index contributed by atoms with van der Waals surface area (Å²) in [5.41, 5.74) is -0.343. The summed E-state index contributed by atoms with van der Waals surface area (Å²) >= 11 is 0. The topological polar surface area (TPSA) is 83.6 Å². The molecule has 1 aromatic heterocycles. The van der Waals surface area contributed by atoms with Crippen molar-refractivity contribution in [3.8, 4) is 0 Å². The molecule has 2 N–H and O–H groups in total. The number of aromatic nitrogens is 1. The number of pyridine rings is 1. The Morgan fingerprint density at radius 3 is 2.58 bits per heavy atom. The number of likely N-dealkylation sites (tertiary alicyclic amines) is 1. The van der Waals surface area contributed by atoms with Gasteiger partial charge in [0, 0.05) is 37.1 Å². The minimum Gasteiger partial charge on any atom is -0.367 e. The summed E-state index contributed by atoms with van der Waals surface area (Å²) in [6.07, 6.45) is -8.64. The third-order valence-corrected chi connectivity index (χ3v) is 5.37. The van der Waals surface area contributed by atoms with Gasteiger partial charge in [-0.05, 0) is 30.7 Å². The van der Waals surface area contributed by atoms with Gasteiger partial charge in [0.25, 0.3) is 5.91 Å². The van der Waals surface area contributed by atoms with E-state index in [1.165, 1.54) is 23.1 Å². The maximum Gasteiger partial charge on any atom is 0.416 e. The maximum absolute atomic E-state index is 12.8. The molecule has 36 heavy (non-hydrogen) atoms. The highest BCUT2D eigenvalue weighted by molar-refractivity contribution is 5.95. The van der Waals surface area contributed by atoms with Crippen molar-refractivity contribution in [1.82, 2.24) is 20.5 Å². The van der Waals surface area contributed by atoms with E-state index < -0.39 is 42.4 Å². The molecule has 2 amide bonds. The lowest BCUT2D eigenvalue weighted by molar-refractivity contribution is -0.145. The van der Waals surface area contributed by atoms with Gasteiger partial charge in [-0.3, -0.25) is 14.5 Å². The predicted molar refractivity (Wildman–Crippen MR) is 118 cm³/mol. The molecule has 0 aliphatic carbocycles. The monoisotopic (exact) mass is 518 g/mol. The fourth-order valence-corrected chi connectivity index (χ4v) is 3.64. The number of rotatable bonds is 9. The number of alkyl halides is 6. The highest BCUT2D eigenvalue weighted by Crippen LogP contribution is 2.31. The van der Waals surface area contributed by atoms with E-state index in [0.717, 1.165) is 12.1 Å². The van der Waals surface area contributed by atoms with Gasteiger partial charge in [-0.2, -0.15) is 26.3 Å². The number of hydrogen-bond acceptors (Lipinski definition) is 5. The molecule has 3 rings (SSSR count). The summed E-state index contributed by atoms with van der Waals surface area (Å²) in [5.74, 6) is -1.07. The van der Waals surface area contributed by atoms with Gasteiger partial charge in [0.1, 0.15) is 12.3 Å². The van der Waals surface area contributed by atoms with Crippen molar-refractivity contribution in [1.29, 1.82) is 0 Å². The Labute approximate surface area is 202 Å². The van der Waals surface area contributed by atoms with Gasteiger partial charge < -0.3 is 15.4 Å². The minimum atomic E-state index is -4.49. The molecule has 13 heteroatoms. The van der Waals surface area contributed by atoms with Crippen molar-refractivity contribution < 1.29 is 40.7 Å². The van der Waals surface area contributed by atoms with Gasteiger partial charge in [0.15, 0.2) is 0 Å². The first kappa shape index (κ1) is 27.4. The molecule has 1 aliphatic rings. The van der Waals surface area contributed by atoms with Crippen LogP contribution in [0.4, 0.5) is 26.3 Å². The average molecular weight is 518 g/mol. The Balaban J connectivity index is 1.38. The fraction of sp³-hybridized carbons (Fsp3) is 0.435. The first-order chi connectivity index (χ1) is 16.8. The van der Waals surface area contributed by atoms with Gasteiger partial charge >= 0.3 is 12.4 Å². The first-order valence-corrected chi connectivity index (χ1v) is 10.9. The van der Waals surface area contributed by atoms with Crippen LogP contribution in [-0.4, -0.2) is 66.8 Å². The second-order valence-corrected chi connectivity index (χ2v) is 8.33. The van der Waals surface area contributed by atoms with E-state index in [1.54, 1.807) is 0 Å². The Morgan fingerprint density at radius 2 is 1.89 bits per heavy atom. The molecule has 1 atom stereocenters. The zero-order chi connectivity index (χ0) is 26.5. The number of ether oxygens (including phenoxy) is 1. The molecule has 0 unspecified atom stereocenters. The molecule has 7 nitrogen and oxygen atoms in total. The summed E-state index contributed by atoms with van der Waals surface area (Å²) in [6, 6.07) is 5.67. The summed E-state index contributed by atoms with van der Waals surface area (Å²) < 4.78 is 81.1. The number of fused-ring (bicyclic) bond motifs is 1. The van der Waals surface area contributed by atoms with Gasteiger partial charge in [-0.15, -0.1) is 0 Å². The highest BCUT2D eigenvalue weighted by atomic mass is 19.4. The Bertz CT molecular complexity index is 1120. The van der Waals surface area contributed by atoms with Crippen LogP contribution in [0.1, 0.15) is 28.9 Å². The van der Waals surface area contributed by atoms with Gasteiger partial charge in [0.2, 0.25) is 5.91 Å².